The van der Waals surface area contributed by atoms with Gasteiger partial charge in [0.05, 0.1) is 29.9 Å². The Morgan fingerprint density at radius 3 is 2.58 bits per heavy atom. The second kappa shape index (κ2) is 8.91. The Bertz CT molecular complexity index is 1040. The Balaban J connectivity index is 1.85. The second-order valence-corrected chi connectivity index (χ2v) is 8.33. The van der Waals surface area contributed by atoms with Crippen LogP contribution in [-0.2, 0) is 14.3 Å². The molecule has 2 atom stereocenters. The van der Waals surface area contributed by atoms with Gasteiger partial charge in [0, 0.05) is 23.7 Å². The van der Waals surface area contributed by atoms with E-state index in [2.05, 4.69) is 0 Å². The number of methoxy groups -OCH3 is 1. The zero-order chi connectivity index (χ0) is 22.1. The van der Waals surface area contributed by atoms with E-state index in [1.165, 1.54) is 18.1 Å². The van der Waals surface area contributed by atoms with E-state index in [1.807, 2.05) is 0 Å². The van der Waals surface area contributed by atoms with Crippen LogP contribution in [0.15, 0.2) is 48.0 Å². The molecule has 2 fully saturated rings. The van der Waals surface area contributed by atoms with Crippen LogP contribution >= 0.6 is 23.2 Å². The van der Waals surface area contributed by atoms with Crippen molar-refractivity contribution in [3.05, 3.63) is 69.2 Å². The summed E-state index contributed by atoms with van der Waals surface area (Å²) in [7, 11) is 1.49. The van der Waals surface area contributed by atoms with E-state index < -0.39 is 17.7 Å². The zero-order valence-corrected chi connectivity index (χ0v) is 18.3. The molecule has 0 saturated carbocycles. The molecule has 2 unspecified atom stereocenters. The molecule has 31 heavy (non-hydrogen) atoms. The largest absolute Gasteiger partial charge is 0.507 e. The molecular weight excluding hydrogens is 441 g/mol. The van der Waals surface area contributed by atoms with Gasteiger partial charge in [0.2, 0.25) is 0 Å². The maximum atomic E-state index is 13.1. The molecule has 2 aromatic rings. The van der Waals surface area contributed by atoms with Crippen LogP contribution in [0.4, 0.5) is 0 Å². The lowest BCUT2D eigenvalue weighted by atomic mass is 9.95. The number of ketones is 1. The minimum atomic E-state index is -0.788. The maximum absolute atomic E-state index is 13.1. The van der Waals surface area contributed by atoms with E-state index in [-0.39, 0.29) is 34.6 Å². The number of carbonyl (C=O) groups is 2. The highest BCUT2D eigenvalue weighted by Crippen LogP contribution is 2.41. The van der Waals surface area contributed by atoms with Crippen molar-refractivity contribution in [3.8, 4) is 5.75 Å². The standard InChI is InChI=1S/C23H21Cl2NO5/c1-30-15-8-9-18(25)17(11-15)21(27)19-20(13-4-6-14(24)7-5-13)26(23(29)22(19)28)12-16-3-2-10-31-16/h4-9,11,16,20,27H,2-3,10,12H2,1H3/b21-19+. The lowest BCUT2D eigenvalue weighted by Crippen LogP contribution is -2.36. The predicted molar refractivity (Wildman–Crippen MR) is 117 cm³/mol. The van der Waals surface area contributed by atoms with Crippen molar-refractivity contribution in [2.75, 3.05) is 20.3 Å². The summed E-state index contributed by atoms with van der Waals surface area (Å²) in [5, 5.41) is 11.9. The lowest BCUT2D eigenvalue weighted by Gasteiger charge is -2.27. The fraction of sp³-hybridized carbons (Fsp3) is 0.304. The molecule has 0 aliphatic carbocycles. The Kier molecular flexibility index (Phi) is 6.23. The third kappa shape index (κ3) is 4.15. The molecule has 0 radical (unpaired) electrons. The second-order valence-electron chi connectivity index (χ2n) is 7.48. The van der Waals surface area contributed by atoms with Gasteiger partial charge in [0.15, 0.2) is 0 Å². The maximum Gasteiger partial charge on any atom is 0.295 e. The van der Waals surface area contributed by atoms with E-state index in [0.29, 0.717) is 22.9 Å². The fourth-order valence-electron chi connectivity index (χ4n) is 4.03. The molecule has 2 aromatic carbocycles. The third-order valence-electron chi connectivity index (χ3n) is 5.58. The number of rotatable bonds is 5. The summed E-state index contributed by atoms with van der Waals surface area (Å²) in [6, 6.07) is 10.8. The molecule has 1 N–H and O–H groups in total. The first-order valence-corrected chi connectivity index (χ1v) is 10.7. The molecule has 2 aliphatic heterocycles. The molecule has 2 heterocycles. The molecule has 0 aromatic heterocycles. The van der Waals surface area contributed by atoms with Crippen LogP contribution in [0.5, 0.6) is 5.75 Å². The Morgan fingerprint density at radius 2 is 1.94 bits per heavy atom. The average Bonchev–Trinajstić information content (AvgIpc) is 3.37. The number of Topliss-reactive ketones (excluding diaryl/α,β-unsaturated/α-hetero) is 1. The highest BCUT2D eigenvalue weighted by atomic mass is 35.5. The quantitative estimate of drug-likeness (QED) is 0.399. The van der Waals surface area contributed by atoms with E-state index in [1.54, 1.807) is 36.4 Å². The SMILES string of the molecule is COc1ccc(Cl)c(/C(O)=C2\C(=O)C(=O)N(CC3CCCO3)C2c2ccc(Cl)cc2)c1. The van der Waals surface area contributed by atoms with E-state index in [0.717, 1.165) is 12.8 Å². The van der Waals surface area contributed by atoms with Gasteiger partial charge in [-0.1, -0.05) is 35.3 Å². The summed E-state index contributed by atoms with van der Waals surface area (Å²) in [4.78, 5) is 27.5. The molecule has 6 nitrogen and oxygen atoms in total. The van der Waals surface area contributed by atoms with Gasteiger partial charge in [-0.25, -0.2) is 0 Å². The number of benzene rings is 2. The van der Waals surface area contributed by atoms with Gasteiger partial charge in [-0.15, -0.1) is 0 Å². The predicted octanol–water partition coefficient (Wildman–Crippen LogP) is 4.60. The lowest BCUT2D eigenvalue weighted by molar-refractivity contribution is -0.140. The number of nitrogens with zero attached hydrogens (tertiary/aromatic N) is 1. The normalized spacial score (nSPS) is 22.9. The number of ether oxygens (including phenoxy) is 2. The van der Waals surface area contributed by atoms with Crippen LogP contribution in [0.25, 0.3) is 5.76 Å². The summed E-state index contributed by atoms with van der Waals surface area (Å²) in [5.74, 6) is -1.34. The first-order valence-electron chi connectivity index (χ1n) is 9.90. The molecule has 0 bridgehead atoms. The summed E-state index contributed by atoms with van der Waals surface area (Å²) in [6.45, 7) is 0.875. The van der Waals surface area contributed by atoms with Crippen molar-refractivity contribution in [3.63, 3.8) is 0 Å². The minimum Gasteiger partial charge on any atom is -0.507 e. The van der Waals surface area contributed by atoms with Crippen molar-refractivity contribution >= 4 is 40.7 Å². The number of aliphatic hydroxyl groups is 1. The number of aliphatic hydroxyl groups excluding tert-OH is 1. The molecule has 1 amide bonds. The molecule has 2 aliphatic rings. The Morgan fingerprint density at radius 1 is 1.19 bits per heavy atom. The fourth-order valence-corrected chi connectivity index (χ4v) is 4.36. The van der Waals surface area contributed by atoms with Gasteiger partial charge in [0.1, 0.15) is 11.5 Å². The van der Waals surface area contributed by atoms with E-state index >= 15 is 0 Å². The number of hydrogen-bond acceptors (Lipinski definition) is 5. The van der Waals surface area contributed by atoms with Gasteiger partial charge in [-0.2, -0.15) is 0 Å². The smallest absolute Gasteiger partial charge is 0.295 e. The zero-order valence-electron chi connectivity index (χ0n) is 16.8. The van der Waals surface area contributed by atoms with Crippen molar-refractivity contribution in [1.29, 1.82) is 0 Å². The number of hydrogen-bond donors (Lipinski definition) is 1. The van der Waals surface area contributed by atoms with Gasteiger partial charge in [0.25, 0.3) is 11.7 Å². The summed E-state index contributed by atoms with van der Waals surface area (Å²) < 4.78 is 10.9. The summed E-state index contributed by atoms with van der Waals surface area (Å²) in [6.07, 6.45) is 1.55. The van der Waals surface area contributed by atoms with Gasteiger partial charge >= 0.3 is 0 Å². The number of amides is 1. The average molecular weight is 462 g/mol. The van der Waals surface area contributed by atoms with Crippen LogP contribution in [0, 0.1) is 0 Å². The third-order valence-corrected chi connectivity index (χ3v) is 6.16. The number of likely N-dealkylation sites (tertiary alicyclic amines) is 1. The molecule has 2 saturated heterocycles. The van der Waals surface area contributed by atoms with Gasteiger partial charge < -0.3 is 19.5 Å². The minimum absolute atomic E-state index is 0.0273. The van der Waals surface area contributed by atoms with Crippen LogP contribution in [0.3, 0.4) is 0 Å². The van der Waals surface area contributed by atoms with Gasteiger partial charge in [-0.05, 0) is 48.7 Å². The van der Waals surface area contributed by atoms with Crippen LogP contribution < -0.4 is 4.74 Å². The monoisotopic (exact) mass is 461 g/mol. The van der Waals surface area contributed by atoms with Crippen molar-refractivity contribution < 1.29 is 24.2 Å². The molecule has 162 valence electrons. The highest BCUT2D eigenvalue weighted by Gasteiger charge is 2.47. The van der Waals surface area contributed by atoms with Crippen molar-refractivity contribution in [2.45, 2.75) is 25.0 Å². The van der Waals surface area contributed by atoms with E-state index in [9.17, 15) is 14.7 Å². The molecule has 8 heteroatoms. The summed E-state index contributed by atoms with van der Waals surface area (Å²) >= 11 is 12.3. The molecular formula is C23H21Cl2NO5. The first-order chi connectivity index (χ1) is 14.9. The van der Waals surface area contributed by atoms with Crippen LogP contribution in [0.1, 0.15) is 30.0 Å². The summed E-state index contributed by atoms with van der Waals surface area (Å²) in [5.41, 5.74) is 0.845. The van der Waals surface area contributed by atoms with Crippen molar-refractivity contribution in [2.24, 2.45) is 0 Å². The highest BCUT2D eigenvalue weighted by molar-refractivity contribution is 6.47. The Hall–Kier alpha value is -2.54. The van der Waals surface area contributed by atoms with Crippen LogP contribution in [-0.4, -0.2) is 48.1 Å². The first kappa shape index (κ1) is 21.7. The van der Waals surface area contributed by atoms with Crippen LogP contribution in [0.2, 0.25) is 10.0 Å². The Labute approximate surface area is 190 Å². The van der Waals surface area contributed by atoms with E-state index in [4.69, 9.17) is 32.7 Å². The number of carbonyl (C=O) groups excluding carboxylic acids is 2. The van der Waals surface area contributed by atoms with Gasteiger partial charge in [-0.3, -0.25) is 9.59 Å². The topological polar surface area (TPSA) is 76.1 Å². The molecule has 4 rings (SSSR count). The number of halogens is 2. The molecule has 0 spiro atoms. The van der Waals surface area contributed by atoms with Crippen molar-refractivity contribution in [1.82, 2.24) is 4.90 Å².